The highest BCUT2D eigenvalue weighted by molar-refractivity contribution is 9.09. The molecule has 0 saturated carbocycles. The average Bonchev–Trinajstić information content (AvgIpc) is 2.92. The minimum absolute atomic E-state index is 1.00. The van der Waals surface area contributed by atoms with Crippen molar-refractivity contribution in [1.29, 1.82) is 0 Å². The maximum atomic E-state index is 3.50. The van der Waals surface area contributed by atoms with Gasteiger partial charge in [0.15, 0.2) is 62.7 Å². The molecule has 4 aromatic heterocycles. The van der Waals surface area contributed by atoms with Gasteiger partial charge < -0.3 is 0 Å². The van der Waals surface area contributed by atoms with E-state index in [-0.39, 0.29) is 0 Å². The average molecular weight is 598 g/mol. The Balaban J connectivity index is 1.26. The highest BCUT2D eigenvalue weighted by atomic mass is 79.9. The van der Waals surface area contributed by atoms with E-state index in [4.69, 9.17) is 0 Å². The Morgan fingerprint density at radius 1 is 0.371 bits per heavy atom. The maximum absolute atomic E-state index is 3.50. The van der Waals surface area contributed by atoms with Crippen molar-refractivity contribution in [3.05, 3.63) is 98.1 Å². The number of hydrogen-bond acceptors (Lipinski definition) is 0. The number of aromatic nitrogens is 4. The van der Waals surface area contributed by atoms with E-state index in [1.807, 2.05) is 0 Å². The number of alkyl halides is 2. The van der Waals surface area contributed by atoms with Crippen LogP contribution in [-0.4, -0.2) is 10.7 Å². The molecular formula is C29H34Br2N4+4. The van der Waals surface area contributed by atoms with Gasteiger partial charge in [-0.15, -0.1) is 0 Å². The highest BCUT2D eigenvalue weighted by Gasteiger charge is 2.09. The Morgan fingerprint density at radius 3 is 0.829 bits per heavy atom. The highest BCUT2D eigenvalue weighted by Crippen LogP contribution is 2.16. The van der Waals surface area contributed by atoms with Crippen molar-refractivity contribution in [2.24, 2.45) is 0 Å². The molecule has 4 rings (SSSR count). The summed E-state index contributed by atoms with van der Waals surface area (Å²) < 4.78 is 9.01. The summed E-state index contributed by atoms with van der Waals surface area (Å²) in [7, 11) is 0. The van der Waals surface area contributed by atoms with Crippen LogP contribution in [0.4, 0.5) is 0 Å². The van der Waals surface area contributed by atoms with Crippen LogP contribution < -0.4 is 18.3 Å². The fourth-order valence-electron chi connectivity index (χ4n) is 4.12. The number of aryl methyl sites for hydroxylation is 4. The number of pyridine rings is 4. The van der Waals surface area contributed by atoms with Gasteiger partial charge in [0.2, 0.25) is 0 Å². The molecule has 0 radical (unpaired) electrons. The van der Waals surface area contributed by atoms with Crippen LogP contribution in [-0.2, 0) is 26.2 Å². The Hall–Kier alpha value is -2.44. The lowest BCUT2D eigenvalue weighted by atomic mass is 10.1. The molecular weight excluding hydrogens is 564 g/mol. The molecule has 4 heterocycles. The van der Waals surface area contributed by atoms with Gasteiger partial charge in [-0.25, -0.2) is 18.3 Å². The summed E-state index contributed by atoms with van der Waals surface area (Å²) in [6.07, 6.45) is 20.8. The molecule has 0 atom stereocenters. The first-order chi connectivity index (χ1) is 17.2. The summed E-state index contributed by atoms with van der Waals surface area (Å²) >= 11 is 6.99. The number of nitrogens with zero attached hydrogens (tertiary/aromatic N) is 4. The molecule has 0 aliphatic heterocycles. The van der Waals surface area contributed by atoms with Crippen LogP contribution in [0.5, 0.6) is 0 Å². The predicted molar refractivity (Wildman–Crippen MR) is 146 cm³/mol. The maximum Gasteiger partial charge on any atom is 0.169 e. The zero-order valence-electron chi connectivity index (χ0n) is 20.1. The van der Waals surface area contributed by atoms with Crippen LogP contribution >= 0.6 is 31.9 Å². The van der Waals surface area contributed by atoms with Gasteiger partial charge in [-0.3, -0.25) is 0 Å². The third-order valence-corrected chi connectivity index (χ3v) is 7.29. The molecule has 180 valence electrons. The summed E-state index contributed by atoms with van der Waals surface area (Å²) in [5.74, 6) is 0. The minimum Gasteiger partial charge on any atom is -0.205 e. The standard InChI is InChI=1S/C29H34Br2N4/c30-12-1-14-32-18-4-26(5-19-32)28-8-22-34(23-9-28)16-3-17-35-24-10-29(11-25-35)27-6-20-33(21-7-27)15-2-13-31/h4-11,18-25H,1-3,12-17H2/q+4. The largest absolute Gasteiger partial charge is 0.205 e. The van der Waals surface area contributed by atoms with E-state index < -0.39 is 0 Å². The lowest BCUT2D eigenvalue weighted by Crippen LogP contribution is -2.38. The Labute approximate surface area is 225 Å². The van der Waals surface area contributed by atoms with Gasteiger partial charge in [-0.05, 0) is 22.3 Å². The van der Waals surface area contributed by atoms with E-state index in [2.05, 4.69) is 148 Å². The van der Waals surface area contributed by atoms with Gasteiger partial charge in [-0.1, -0.05) is 31.9 Å². The van der Waals surface area contributed by atoms with Gasteiger partial charge >= 0.3 is 0 Å². The molecule has 0 aliphatic carbocycles. The van der Waals surface area contributed by atoms with E-state index in [0.29, 0.717) is 0 Å². The molecule has 35 heavy (non-hydrogen) atoms. The zero-order chi connectivity index (χ0) is 24.3. The molecule has 6 heteroatoms. The van der Waals surface area contributed by atoms with Crippen LogP contribution in [0, 0.1) is 0 Å². The summed E-state index contributed by atoms with van der Waals surface area (Å²) in [6.45, 7) is 4.10. The zero-order valence-corrected chi connectivity index (χ0v) is 23.3. The normalized spacial score (nSPS) is 11.0. The van der Waals surface area contributed by atoms with Crippen LogP contribution in [0.15, 0.2) is 98.1 Å². The van der Waals surface area contributed by atoms with Crippen molar-refractivity contribution in [2.75, 3.05) is 10.7 Å². The number of halogens is 2. The summed E-state index contributed by atoms with van der Waals surface area (Å²) in [4.78, 5) is 0. The molecule has 0 fully saturated rings. The third-order valence-electron chi connectivity index (χ3n) is 6.16. The van der Waals surface area contributed by atoms with E-state index in [9.17, 15) is 0 Å². The quantitative estimate of drug-likeness (QED) is 0.164. The summed E-state index contributed by atoms with van der Waals surface area (Å²) in [5, 5.41) is 2.08. The molecule has 0 N–H and O–H groups in total. The lowest BCUT2D eigenvalue weighted by Gasteiger charge is -2.02. The van der Waals surface area contributed by atoms with Crippen molar-refractivity contribution in [2.45, 2.75) is 45.4 Å². The molecule has 0 spiro atoms. The monoisotopic (exact) mass is 596 g/mol. The van der Waals surface area contributed by atoms with Gasteiger partial charge in [0.1, 0.15) is 13.1 Å². The molecule has 0 saturated heterocycles. The van der Waals surface area contributed by atoms with Gasteiger partial charge in [-0.2, -0.15) is 0 Å². The molecule has 0 aliphatic rings. The van der Waals surface area contributed by atoms with Crippen molar-refractivity contribution in [3.63, 3.8) is 0 Å². The third kappa shape index (κ3) is 7.77. The van der Waals surface area contributed by atoms with Crippen molar-refractivity contribution >= 4 is 31.9 Å². The predicted octanol–water partition coefficient (Wildman–Crippen LogP) is 4.83. The first-order valence-corrected chi connectivity index (χ1v) is 14.6. The van der Waals surface area contributed by atoms with Gasteiger partial charge in [0, 0.05) is 72.0 Å². The second kappa shape index (κ2) is 13.6. The molecule has 0 aromatic carbocycles. The smallest absolute Gasteiger partial charge is 0.169 e. The van der Waals surface area contributed by atoms with Crippen LogP contribution in [0.25, 0.3) is 22.3 Å². The van der Waals surface area contributed by atoms with Crippen molar-refractivity contribution in [3.8, 4) is 22.3 Å². The summed E-state index contributed by atoms with van der Waals surface area (Å²) in [6, 6.07) is 17.6. The Kier molecular flexibility index (Phi) is 9.96. The molecule has 0 amide bonds. The summed E-state index contributed by atoms with van der Waals surface area (Å²) in [5.41, 5.74) is 5.03. The first-order valence-electron chi connectivity index (χ1n) is 12.3. The molecule has 0 unspecified atom stereocenters. The van der Waals surface area contributed by atoms with Crippen LogP contribution in [0.3, 0.4) is 0 Å². The Bertz CT molecular complexity index is 1060. The first kappa shape index (κ1) is 25.6. The molecule has 0 bridgehead atoms. The lowest BCUT2D eigenvalue weighted by molar-refractivity contribution is -0.726. The molecule has 4 nitrogen and oxygen atoms in total. The van der Waals surface area contributed by atoms with Crippen LogP contribution in [0.1, 0.15) is 19.3 Å². The van der Waals surface area contributed by atoms with E-state index in [1.165, 1.54) is 22.3 Å². The van der Waals surface area contributed by atoms with E-state index in [0.717, 1.165) is 56.1 Å². The number of rotatable bonds is 12. The van der Waals surface area contributed by atoms with Crippen LogP contribution in [0.2, 0.25) is 0 Å². The topological polar surface area (TPSA) is 15.5 Å². The van der Waals surface area contributed by atoms with E-state index in [1.54, 1.807) is 0 Å². The second-order valence-electron chi connectivity index (χ2n) is 8.74. The minimum atomic E-state index is 1.00. The fourth-order valence-corrected chi connectivity index (χ4v) is 4.62. The second-order valence-corrected chi connectivity index (χ2v) is 10.3. The van der Waals surface area contributed by atoms with Gasteiger partial charge in [0.25, 0.3) is 0 Å². The van der Waals surface area contributed by atoms with Crippen molar-refractivity contribution < 1.29 is 18.3 Å². The number of hydrogen-bond donors (Lipinski definition) is 0. The SMILES string of the molecule is BrCCC[n+]1ccc(-c2cc[n+](CCC[n+]3ccc(-c4cc[n+](CCCBr)cc4)cc3)cc2)cc1. The van der Waals surface area contributed by atoms with E-state index >= 15 is 0 Å². The Morgan fingerprint density at radius 2 is 0.600 bits per heavy atom. The van der Waals surface area contributed by atoms with Gasteiger partial charge in [0.05, 0.1) is 6.42 Å². The molecule has 4 aromatic rings. The fraction of sp³-hybridized carbons (Fsp3) is 0.310. The van der Waals surface area contributed by atoms with Crippen molar-refractivity contribution in [1.82, 2.24) is 0 Å².